The van der Waals surface area contributed by atoms with E-state index in [1.54, 1.807) is 10.9 Å². The lowest BCUT2D eigenvalue weighted by Gasteiger charge is -2.40. The molecular formula is C17H30N4O8. The second-order valence-corrected chi connectivity index (χ2v) is 6.60. The number of hydrogen-bond acceptors (Lipinski definition) is 10. The van der Waals surface area contributed by atoms with Gasteiger partial charge in [0.25, 0.3) is 0 Å². The third-order valence-electron chi connectivity index (χ3n) is 4.46. The summed E-state index contributed by atoms with van der Waals surface area (Å²) in [7, 11) is 0. The van der Waals surface area contributed by atoms with E-state index in [-0.39, 0.29) is 6.42 Å². The summed E-state index contributed by atoms with van der Waals surface area (Å²) in [6.07, 6.45) is -3.50. The summed E-state index contributed by atoms with van der Waals surface area (Å²) in [5.74, 6) is -0.458. The van der Waals surface area contributed by atoms with Crippen LogP contribution in [0.1, 0.15) is 19.0 Å². The molecule has 12 nitrogen and oxygen atoms in total. The Hall–Kier alpha value is -1.67. The molecule has 1 aromatic rings. The van der Waals surface area contributed by atoms with Crippen molar-refractivity contribution in [3.8, 4) is 0 Å². The second kappa shape index (κ2) is 12.1. The van der Waals surface area contributed by atoms with Gasteiger partial charge in [0.05, 0.1) is 38.7 Å². The van der Waals surface area contributed by atoms with Crippen LogP contribution in [0.15, 0.2) is 6.20 Å². The van der Waals surface area contributed by atoms with E-state index in [1.165, 1.54) is 0 Å². The summed E-state index contributed by atoms with van der Waals surface area (Å²) in [5.41, 5.74) is 0.607. The van der Waals surface area contributed by atoms with Gasteiger partial charge in [-0.2, -0.15) is 0 Å². The fourth-order valence-corrected chi connectivity index (χ4v) is 2.84. The van der Waals surface area contributed by atoms with Crippen LogP contribution in [0.2, 0.25) is 0 Å². The molecule has 1 aliphatic rings. The predicted molar refractivity (Wildman–Crippen MR) is 97.6 cm³/mol. The molecule has 0 radical (unpaired) electrons. The first kappa shape index (κ1) is 23.6. The van der Waals surface area contributed by atoms with Crippen molar-refractivity contribution in [2.24, 2.45) is 0 Å². The zero-order valence-corrected chi connectivity index (χ0v) is 16.4. The molecule has 5 N–H and O–H groups in total. The molecule has 0 aliphatic carbocycles. The topological polar surface area (TPSA) is 168 Å². The Morgan fingerprint density at radius 2 is 2.00 bits per heavy atom. The summed E-state index contributed by atoms with van der Waals surface area (Å²) in [6, 6.07) is -1.20. The van der Waals surface area contributed by atoms with Gasteiger partial charge in [-0.25, -0.2) is 4.68 Å². The fraction of sp³-hybridized carbons (Fsp3) is 0.824. The van der Waals surface area contributed by atoms with Crippen molar-refractivity contribution in [3.05, 3.63) is 11.9 Å². The molecule has 2 rings (SSSR count). The molecule has 0 spiro atoms. The third-order valence-corrected chi connectivity index (χ3v) is 4.46. The molecule has 166 valence electrons. The number of carbonyl (C=O) groups excluding carboxylic acids is 1. The minimum atomic E-state index is -1.54. The Balaban J connectivity index is 1.71. The van der Waals surface area contributed by atoms with E-state index < -0.39 is 43.2 Å². The number of ether oxygens (including phenoxy) is 3. The molecule has 5 unspecified atom stereocenters. The SMILES string of the molecule is CCOCCOCCn1cc(CCC(=O)NC2C(O)OC(CO)C(O)C2O)nn1. The number of hydrogen-bond donors (Lipinski definition) is 5. The first-order valence-corrected chi connectivity index (χ1v) is 9.60. The van der Waals surface area contributed by atoms with Gasteiger partial charge in [0.2, 0.25) is 5.91 Å². The normalized spacial score (nSPS) is 27.1. The first-order chi connectivity index (χ1) is 14.0. The maximum absolute atomic E-state index is 12.1. The predicted octanol–water partition coefficient (Wildman–Crippen LogP) is -2.82. The highest BCUT2D eigenvalue weighted by molar-refractivity contribution is 5.76. The lowest BCUT2D eigenvalue weighted by atomic mass is 9.97. The van der Waals surface area contributed by atoms with Gasteiger partial charge in [0.15, 0.2) is 6.29 Å². The lowest BCUT2D eigenvalue weighted by Crippen LogP contribution is -2.64. The van der Waals surface area contributed by atoms with Gasteiger partial charge in [-0.05, 0) is 6.92 Å². The minimum Gasteiger partial charge on any atom is -0.394 e. The highest BCUT2D eigenvalue weighted by Gasteiger charge is 2.44. The average Bonchev–Trinajstić information content (AvgIpc) is 3.17. The molecule has 1 aromatic heterocycles. The van der Waals surface area contributed by atoms with Crippen LogP contribution in [0.4, 0.5) is 0 Å². The first-order valence-electron chi connectivity index (χ1n) is 9.60. The van der Waals surface area contributed by atoms with Crippen molar-refractivity contribution >= 4 is 5.91 Å². The van der Waals surface area contributed by atoms with Gasteiger partial charge in [-0.15, -0.1) is 5.10 Å². The fourth-order valence-electron chi connectivity index (χ4n) is 2.84. The number of carbonyl (C=O) groups is 1. The van der Waals surface area contributed by atoms with Crippen molar-refractivity contribution in [2.45, 2.75) is 57.0 Å². The van der Waals surface area contributed by atoms with Crippen LogP contribution < -0.4 is 5.32 Å². The number of aliphatic hydroxyl groups is 4. The largest absolute Gasteiger partial charge is 0.394 e. The van der Waals surface area contributed by atoms with Gasteiger partial charge >= 0.3 is 0 Å². The summed E-state index contributed by atoms with van der Waals surface area (Å²) < 4.78 is 17.2. The standard InChI is InChI=1S/C17H30N4O8/c1-2-27-7-8-28-6-5-21-9-11(19-20-21)3-4-13(23)18-14-16(25)15(24)12(10-22)29-17(14)26/h9,12,14-17,22,24-26H,2-8,10H2,1H3,(H,18,23). The van der Waals surface area contributed by atoms with E-state index in [4.69, 9.17) is 19.3 Å². The van der Waals surface area contributed by atoms with Crippen LogP contribution in [0.5, 0.6) is 0 Å². The maximum atomic E-state index is 12.1. The highest BCUT2D eigenvalue weighted by atomic mass is 16.6. The Bertz CT molecular complexity index is 616. The van der Waals surface area contributed by atoms with Crippen molar-refractivity contribution in [1.29, 1.82) is 0 Å². The van der Waals surface area contributed by atoms with Crippen molar-refractivity contribution in [2.75, 3.05) is 33.0 Å². The van der Waals surface area contributed by atoms with Crippen LogP contribution in [-0.2, 0) is 32.0 Å². The van der Waals surface area contributed by atoms with Gasteiger partial charge in [-0.3, -0.25) is 4.79 Å². The van der Waals surface area contributed by atoms with Crippen LogP contribution in [0.3, 0.4) is 0 Å². The van der Waals surface area contributed by atoms with Crippen molar-refractivity contribution in [1.82, 2.24) is 20.3 Å². The van der Waals surface area contributed by atoms with Crippen LogP contribution >= 0.6 is 0 Å². The number of aryl methyl sites for hydroxylation is 1. The van der Waals surface area contributed by atoms with E-state index in [2.05, 4.69) is 15.6 Å². The summed E-state index contributed by atoms with van der Waals surface area (Å²) in [4.78, 5) is 12.1. The highest BCUT2D eigenvalue weighted by Crippen LogP contribution is 2.19. The molecule has 12 heteroatoms. The third kappa shape index (κ3) is 7.26. The van der Waals surface area contributed by atoms with Gasteiger partial charge in [-0.1, -0.05) is 5.21 Å². The number of rotatable bonds is 12. The van der Waals surface area contributed by atoms with E-state index in [9.17, 15) is 20.1 Å². The molecule has 29 heavy (non-hydrogen) atoms. The zero-order valence-electron chi connectivity index (χ0n) is 16.4. The lowest BCUT2D eigenvalue weighted by molar-refractivity contribution is -0.253. The van der Waals surface area contributed by atoms with E-state index in [1.807, 2.05) is 6.92 Å². The Morgan fingerprint density at radius 1 is 1.24 bits per heavy atom. The maximum Gasteiger partial charge on any atom is 0.220 e. The molecule has 0 bridgehead atoms. The number of nitrogens with zero attached hydrogens (tertiary/aromatic N) is 3. The Labute approximate surface area is 168 Å². The van der Waals surface area contributed by atoms with Gasteiger partial charge in [0, 0.05) is 25.6 Å². The number of aliphatic hydroxyl groups excluding tert-OH is 4. The number of aromatic nitrogens is 3. The van der Waals surface area contributed by atoms with E-state index in [0.717, 1.165) is 0 Å². The molecule has 2 heterocycles. The quantitative estimate of drug-likeness (QED) is 0.223. The molecular weight excluding hydrogens is 388 g/mol. The molecule has 0 aromatic carbocycles. The van der Waals surface area contributed by atoms with Crippen molar-refractivity contribution < 1.29 is 39.4 Å². The number of nitrogens with one attached hydrogen (secondary N) is 1. The van der Waals surface area contributed by atoms with E-state index in [0.29, 0.717) is 45.1 Å². The minimum absolute atomic E-state index is 0.0407. The molecule has 1 aliphatic heterocycles. The number of amides is 1. The summed E-state index contributed by atoms with van der Waals surface area (Å²) in [6.45, 7) is 4.04. The Kier molecular flexibility index (Phi) is 9.87. The summed E-state index contributed by atoms with van der Waals surface area (Å²) in [5, 5.41) is 49.2. The monoisotopic (exact) mass is 418 g/mol. The molecule has 1 amide bonds. The van der Waals surface area contributed by atoms with Crippen molar-refractivity contribution in [3.63, 3.8) is 0 Å². The van der Waals surface area contributed by atoms with E-state index >= 15 is 0 Å². The zero-order chi connectivity index (χ0) is 21.2. The second-order valence-electron chi connectivity index (χ2n) is 6.60. The molecule has 1 fully saturated rings. The molecule has 0 saturated carbocycles. The molecule has 1 saturated heterocycles. The smallest absolute Gasteiger partial charge is 0.220 e. The van der Waals surface area contributed by atoms with Gasteiger partial charge < -0.3 is 40.0 Å². The van der Waals surface area contributed by atoms with Crippen LogP contribution in [0.25, 0.3) is 0 Å². The van der Waals surface area contributed by atoms with Crippen LogP contribution in [-0.4, -0.2) is 105 Å². The Morgan fingerprint density at radius 3 is 2.72 bits per heavy atom. The summed E-state index contributed by atoms with van der Waals surface area (Å²) >= 11 is 0. The molecule has 5 atom stereocenters. The average molecular weight is 418 g/mol. The van der Waals surface area contributed by atoms with Crippen LogP contribution in [0, 0.1) is 0 Å². The van der Waals surface area contributed by atoms with Gasteiger partial charge in [0.1, 0.15) is 24.4 Å².